The van der Waals surface area contributed by atoms with Crippen molar-refractivity contribution >= 4 is 38.9 Å². The lowest BCUT2D eigenvalue weighted by molar-refractivity contribution is -0.142. The van der Waals surface area contributed by atoms with Crippen LogP contribution in [0.15, 0.2) is 28.5 Å². The number of allylic oxidation sites excluding steroid dienone is 1. The summed E-state index contributed by atoms with van der Waals surface area (Å²) in [6.07, 6.45) is 4.06. The highest BCUT2D eigenvalue weighted by Crippen LogP contribution is 2.27. The Kier molecular flexibility index (Phi) is 4.29. The second kappa shape index (κ2) is 5.62. The Morgan fingerprint density at radius 2 is 2.21 bits per heavy atom. The van der Waals surface area contributed by atoms with E-state index in [1.54, 1.807) is 12.2 Å². The fraction of sp³-hybridized carbons (Fsp3) is 0.364. The maximum Gasteiger partial charge on any atom is 0.306 e. The van der Waals surface area contributed by atoms with Crippen LogP contribution in [0, 0.1) is 5.92 Å². The molecule has 1 aromatic heterocycles. The number of rotatable bonds is 4. The summed E-state index contributed by atoms with van der Waals surface area (Å²) in [5.41, 5.74) is 0. The lowest BCUT2D eigenvalue weighted by Crippen LogP contribution is -2.37. The van der Waals surface area contributed by atoms with Crippen molar-refractivity contribution < 1.29 is 18.3 Å². The molecule has 0 unspecified atom stereocenters. The summed E-state index contributed by atoms with van der Waals surface area (Å²) >= 11 is 6.67. The lowest BCUT2D eigenvalue weighted by Gasteiger charge is -2.22. The third-order valence-electron chi connectivity index (χ3n) is 2.80. The summed E-state index contributed by atoms with van der Waals surface area (Å²) in [6.45, 7) is 0. The van der Waals surface area contributed by atoms with E-state index in [0.717, 1.165) is 11.3 Å². The number of aliphatic carboxylic acids is 1. The van der Waals surface area contributed by atoms with Gasteiger partial charge in [0.1, 0.15) is 4.21 Å². The first kappa shape index (κ1) is 14.5. The number of carboxylic acid groups (broad SMARTS) is 1. The molecule has 1 aliphatic rings. The quantitative estimate of drug-likeness (QED) is 0.832. The van der Waals surface area contributed by atoms with Crippen LogP contribution in [0.3, 0.4) is 0 Å². The molecule has 0 bridgehead atoms. The van der Waals surface area contributed by atoms with E-state index in [-0.39, 0.29) is 10.6 Å². The van der Waals surface area contributed by atoms with E-state index in [0.29, 0.717) is 10.8 Å². The summed E-state index contributed by atoms with van der Waals surface area (Å²) < 4.78 is 27.1. The van der Waals surface area contributed by atoms with Gasteiger partial charge in [0.05, 0.1) is 10.3 Å². The third kappa shape index (κ3) is 3.56. The van der Waals surface area contributed by atoms with Gasteiger partial charge in [0.2, 0.25) is 0 Å². The zero-order chi connectivity index (χ0) is 14.0. The number of nitrogens with one attached hydrogen (secondary N) is 1. The normalized spacial score (nSPS) is 23.4. The number of carboxylic acids is 1. The second-order valence-electron chi connectivity index (χ2n) is 4.22. The Bertz CT molecular complexity index is 608. The summed E-state index contributed by atoms with van der Waals surface area (Å²) in [4.78, 5) is 10.9. The number of carbonyl (C=O) groups is 1. The fourth-order valence-corrected chi connectivity index (χ4v) is 4.58. The zero-order valence-electron chi connectivity index (χ0n) is 9.74. The molecule has 5 nitrogen and oxygen atoms in total. The predicted molar refractivity (Wildman–Crippen MR) is 72.9 cm³/mol. The highest BCUT2D eigenvalue weighted by Gasteiger charge is 2.27. The molecule has 0 aromatic carbocycles. The average Bonchev–Trinajstić information content (AvgIpc) is 2.76. The molecule has 8 heteroatoms. The topological polar surface area (TPSA) is 83.5 Å². The van der Waals surface area contributed by atoms with Gasteiger partial charge in [0, 0.05) is 6.04 Å². The first-order valence-electron chi connectivity index (χ1n) is 5.55. The zero-order valence-corrected chi connectivity index (χ0v) is 12.1. The first-order chi connectivity index (χ1) is 8.88. The fourth-order valence-electron chi connectivity index (χ4n) is 1.88. The van der Waals surface area contributed by atoms with Crippen molar-refractivity contribution in [3.63, 3.8) is 0 Å². The minimum absolute atomic E-state index is 0.128. The molecule has 1 heterocycles. The molecular weight excluding hydrogens is 310 g/mol. The van der Waals surface area contributed by atoms with E-state index < -0.39 is 28.0 Å². The van der Waals surface area contributed by atoms with Gasteiger partial charge in [-0.25, -0.2) is 13.1 Å². The number of hydrogen-bond acceptors (Lipinski definition) is 4. The van der Waals surface area contributed by atoms with Crippen LogP contribution in [0.2, 0.25) is 4.34 Å². The minimum atomic E-state index is -3.65. The maximum atomic E-state index is 12.0. The van der Waals surface area contributed by atoms with Crippen LogP contribution in [0.5, 0.6) is 0 Å². The molecule has 19 heavy (non-hydrogen) atoms. The number of halogens is 1. The molecule has 0 fully saturated rings. The second-order valence-corrected chi connectivity index (χ2v) is 7.88. The molecular formula is C11H12ClNO4S2. The molecule has 2 atom stereocenters. The predicted octanol–water partition coefficient (Wildman–Crippen LogP) is 2.10. The van der Waals surface area contributed by atoms with Crippen LogP contribution >= 0.6 is 22.9 Å². The van der Waals surface area contributed by atoms with Crippen molar-refractivity contribution in [1.29, 1.82) is 0 Å². The molecule has 1 aromatic rings. The molecule has 0 aliphatic heterocycles. The van der Waals surface area contributed by atoms with Crippen LogP contribution in [0.25, 0.3) is 0 Å². The van der Waals surface area contributed by atoms with Crippen LogP contribution in [-0.2, 0) is 14.8 Å². The van der Waals surface area contributed by atoms with Gasteiger partial charge in [-0.05, 0) is 25.0 Å². The highest BCUT2D eigenvalue weighted by molar-refractivity contribution is 7.91. The molecule has 2 N–H and O–H groups in total. The monoisotopic (exact) mass is 321 g/mol. The van der Waals surface area contributed by atoms with E-state index in [4.69, 9.17) is 16.7 Å². The minimum Gasteiger partial charge on any atom is -0.481 e. The Balaban J connectivity index is 2.11. The molecule has 0 radical (unpaired) electrons. The molecule has 0 spiro atoms. The van der Waals surface area contributed by atoms with Gasteiger partial charge in [0.15, 0.2) is 0 Å². The van der Waals surface area contributed by atoms with E-state index in [9.17, 15) is 13.2 Å². The molecule has 1 aliphatic carbocycles. The number of hydrogen-bond donors (Lipinski definition) is 2. The molecule has 0 amide bonds. The first-order valence-corrected chi connectivity index (χ1v) is 8.23. The number of thiophene rings is 1. The Labute approximate surface area is 120 Å². The summed E-state index contributed by atoms with van der Waals surface area (Å²) in [5.74, 6) is -1.46. The Morgan fingerprint density at radius 3 is 2.79 bits per heavy atom. The molecule has 0 saturated carbocycles. The van der Waals surface area contributed by atoms with Gasteiger partial charge in [-0.1, -0.05) is 23.8 Å². The summed E-state index contributed by atoms with van der Waals surface area (Å²) in [5, 5.41) is 8.95. The highest BCUT2D eigenvalue weighted by atomic mass is 35.5. The smallest absolute Gasteiger partial charge is 0.306 e. The van der Waals surface area contributed by atoms with E-state index in [2.05, 4.69) is 4.72 Å². The van der Waals surface area contributed by atoms with E-state index in [1.165, 1.54) is 12.1 Å². The van der Waals surface area contributed by atoms with Gasteiger partial charge in [-0.2, -0.15) is 0 Å². The van der Waals surface area contributed by atoms with Crippen LogP contribution in [0.4, 0.5) is 0 Å². The SMILES string of the molecule is O=C(O)[C@@H]1CC=C[C@@H](NS(=O)(=O)c2ccc(Cl)s2)C1. The number of sulfonamides is 1. The average molecular weight is 322 g/mol. The van der Waals surface area contributed by atoms with Gasteiger partial charge < -0.3 is 5.11 Å². The Hall–Kier alpha value is -0.890. The van der Waals surface area contributed by atoms with Crippen LogP contribution in [0.1, 0.15) is 12.8 Å². The van der Waals surface area contributed by atoms with E-state index in [1.807, 2.05) is 0 Å². The molecule has 104 valence electrons. The van der Waals surface area contributed by atoms with Crippen molar-refractivity contribution in [1.82, 2.24) is 4.72 Å². The van der Waals surface area contributed by atoms with Gasteiger partial charge >= 0.3 is 5.97 Å². The van der Waals surface area contributed by atoms with Gasteiger partial charge in [0.25, 0.3) is 10.0 Å². The van der Waals surface area contributed by atoms with Crippen molar-refractivity contribution in [2.24, 2.45) is 5.92 Å². The standard InChI is InChI=1S/C11H12ClNO4S2/c12-9-4-5-10(18-9)19(16,17)13-8-3-1-2-7(6-8)11(14)15/h1,3-5,7-8,13H,2,6H2,(H,14,15)/t7-,8-/m1/s1. The largest absolute Gasteiger partial charge is 0.481 e. The van der Waals surface area contributed by atoms with Crippen molar-refractivity contribution in [3.05, 3.63) is 28.6 Å². The molecule has 0 saturated heterocycles. The van der Waals surface area contributed by atoms with Crippen LogP contribution in [-0.4, -0.2) is 25.5 Å². The van der Waals surface area contributed by atoms with Gasteiger partial charge in [-0.15, -0.1) is 11.3 Å². The van der Waals surface area contributed by atoms with Crippen LogP contribution < -0.4 is 4.72 Å². The van der Waals surface area contributed by atoms with Crippen molar-refractivity contribution in [3.8, 4) is 0 Å². The molecule has 2 rings (SSSR count). The summed E-state index contributed by atoms with van der Waals surface area (Å²) in [7, 11) is -3.65. The lowest BCUT2D eigenvalue weighted by atomic mass is 9.92. The Morgan fingerprint density at radius 1 is 1.47 bits per heavy atom. The summed E-state index contributed by atoms with van der Waals surface area (Å²) in [6, 6.07) is 2.44. The third-order valence-corrected chi connectivity index (χ3v) is 6.01. The maximum absolute atomic E-state index is 12.0. The van der Waals surface area contributed by atoms with Crippen molar-refractivity contribution in [2.45, 2.75) is 23.1 Å². The van der Waals surface area contributed by atoms with Crippen molar-refractivity contribution in [2.75, 3.05) is 0 Å². The van der Waals surface area contributed by atoms with E-state index >= 15 is 0 Å². The van der Waals surface area contributed by atoms with Gasteiger partial charge in [-0.3, -0.25) is 4.79 Å².